The number of halogens is 4. The molecule has 8 aliphatic rings. The lowest BCUT2D eigenvalue weighted by Gasteiger charge is -2.26. The highest BCUT2D eigenvalue weighted by Crippen LogP contribution is 2.53. The van der Waals surface area contributed by atoms with Crippen molar-refractivity contribution >= 4 is 93.6 Å². The van der Waals surface area contributed by atoms with Crippen molar-refractivity contribution in [2.24, 2.45) is 0 Å². The van der Waals surface area contributed by atoms with E-state index in [9.17, 15) is 55.8 Å². The second kappa shape index (κ2) is 53.0. The second-order valence-corrected chi connectivity index (χ2v) is 37.7. The van der Waals surface area contributed by atoms with E-state index in [-0.39, 0.29) is 126 Å². The maximum Gasteiger partial charge on any atom is 0.475 e. The average molecular weight is 1740 g/mol. The highest BCUT2D eigenvalue weighted by molar-refractivity contribution is 7.53. The predicted molar refractivity (Wildman–Crippen MR) is 420 cm³/mol. The molecule has 48 heteroatoms. The van der Waals surface area contributed by atoms with E-state index in [4.69, 9.17) is 166 Å². The molecule has 8 rings (SSSR count). The first-order valence-corrected chi connectivity index (χ1v) is 45.7. The van der Waals surface area contributed by atoms with Crippen LogP contribution in [-0.2, 0) is 130 Å². The van der Waals surface area contributed by atoms with Crippen LogP contribution in [0.3, 0.4) is 0 Å². The molecule has 2 N–H and O–H groups in total. The van der Waals surface area contributed by atoms with E-state index >= 15 is 0 Å². The van der Waals surface area contributed by atoms with Crippen LogP contribution in [0.1, 0.15) is 136 Å². The predicted octanol–water partition coefficient (Wildman–Crippen LogP) is 4.29. The highest BCUT2D eigenvalue weighted by atomic mass is 31.2. The summed E-state index contributed by atoms with van der Waals surface area (Å²) >= 11 is 0. The van der Waals surface area contributed by atoms with Gasteiger partial charge >= 0.3 is 15.4 Å². The van der Waals surface area contributed by atoms with Gasteiger partial charge in [-0.3, -0.25) is 27.2 Å². The van der Waals surface area contributed by atoms with Crippen LogP contribution in [0.25, 0.3) is 0 Å². The van der Waals surface area contributed by atoms with Gasteiger partial charge in [-0.25, -0.2) is 22.1 Å². The molecule has 8 aliphatic heterocycles. The standard InChI is InChI=1S/C17H30B2FO8P.C17H30B2FO7P.C9H18BO6P.C9H18BO5P.2C8H14BFO3/c1-9(2)23-7-13-16(15(20)17(19)27-13)28-29(21,22-5)24-8-12-11(25-10(3)4)6-14(18)26-12;1-9(2)22-7-13-16(15(20)17(19)26-13)27-28(5,21)23-8-12-11(24-10(3)4)6-14(18)25-12;1-6(2)15-7-4-9(10)16-8(7)5-14-17(11,12)13-3;1-6(2)14-7-4-9(10)15-8(7)5-13-16(3,11)12;2*1-4(2)12-3-5-7(11)6(10)8(9)13-5/h9-17H,6-8H2,1-5H3;9-17H,6-8H2,1-5H3;6-9H,4-5H2,1-3H3,(H,11,12);6-9H,4-5H2,1-3H3,(H,11,12);2*4-8,11H,3H2,1-2H3/p-2/t11-,12-,13-,14-,15?,16+,17-,29?;11-,12-,13-,14-,15?,16+,17-,28?;2*7-,8-,9-;2*5-,6?,7+,8-/m111111/s1. The van der Waals surface area contributed by atoms with Crippen LogP contribution >= 0.6 is 30.8 Å². The van der Waals surface area contributed by atoms with Crippen molar-refractivity contribution < 1.29 is 168 Å². The van der Waals surface area contributed by atoms with Crippen LogP contribution in [0.4, 0.5) is 17.6 Å². The molecule has 660 valence electrons. The first-order valence-electron chi connectivity index (χ1n) is 38.8. The van der Waals surface area contributed by atoms with Crippen LogP contribution in [0.15, 0.2) is 0 Å². The van der Waals surface area contributed by atoms with Crippen molar-refractivity contribution in [3.63, 3.8) is 0 Å². The number of hydrogen-bond donors (Lipinski definition) is 2. The molecule has 8 heterocycles. The van der Waals surface area contributed by atoms with Crippen molar-refractivity contribution in [3.8, 4) is 0 Å². The molecule has 0 saturated carbocycles. The topological polar surface area (TPSA) is 376 Å². The lowest BCUT2D eigenvalue weighted by atomic mass is 9.94. The summed E-state index contributed by atoms with van der Waals surface area (Å²) in [6, 6.07) is -6.35. The molecule has 8 unspecified atom stereocenters. The summed E-state index contributed by atoms with van der Waals surface area (Å²) in [7, 11) is 31.1. The van der Waals surface area contributed by atoms with Crippen molar-refractivity contribution in [2.45, 2.75) is 356 Å². The fraction of sp³-hybridized carbons (Fsp3) is 1.00. The maximum absolute atomic E-state index is 14.5. The first-order chi connectivity index (χ1) is 53.7. The van der Waals surface area contributed by atoms with Gasteiger partial charge in [0.1, 0.15) is 168 Å². The SMILES string of the molecule is [B][C@@H]1O[C@H](COC(C)C)[C@H](O)C1F.[B][C@@H]1O[C@H](COC(C)C)[C@H](O)C1F.[B][C@@H]1O[C@H](COC(C)C)[C@H](OP(=O)(OC)OC[C@H]2O[C@@H]([B])C[C@H]2OC(C)C)C1F.[B][C@@H]1O[C@H](COC(C)C)[C@H](OP(C)(=O)OC[C@H]2O[C@@H]([B])C[C@H]2OC(C)C)C1F.[B][C@H]1C[C@@H](OC(C)C)[C@@H](COP(=O)([O-])OC)O1.[B][C@H]1C[C@@H](OC(C)C)[C@@H](COP(C)(=O)[O-])O1. The lowest BCUT2D eigenvalue weighted by molar-refractivity contribution is -0.226. The van der Waals surface area contributed by atoms with E-state index in [1.54, 1.807) is 0 Å². The molecule has 0 aromatic rings. The van der Waals surface area contributed by atoms with Crippen LogP contribution in [0.5, 0.6) is 0 Å². The number of ether oxygens (including phenoxy) is 16. The Kier molecular flexibility index (Phi) is 50.3. The summed E-state index contributed by atoms with van der Waals surface area (Å²) in [4.78, 5) is 21.9. The van der Waals surface area contributed by atoms with Gasteiger partial charge in [-0.1, -0.05) is 0 Å². The second-order valence-electron chi connectivity index (χ2n) is 30.7. The summed E-state index contributed by atoms with van der Waals surface area (Å²) < 4.78 is 229. The Morgan fingerprint density at radius 1 is 0.353 bits per heavy atom. The Morgan fingerprint density at radius 2 is 0.621 bits per heavy atom. The van der Waals surface area contributed by atoms with Gasteiger partial charge in [-0.2, -0.15) is 0 Å². The fourth-order valence-corrected chi connectivity index (χ4v) is 15.0. The zero-order valence-corrected chi connectivity index (χ0v) is 73.9. The number of phosphoric acid groups is 2. The molecule has 8 saturated heterocycles. The van der Waals surface area contributed by atoms with E-state index in [1.807, 2.05) is 111 Å². The highest BCUT2D eigenvalue weighted by Gasteiger charge is 2.51. The van der Waals surface area contributed by atoms with E-state index in [2.05, 4.69) is 9.05 Å². The molecular formula is C68H122B8F4O32P4-2. The summed E-state index contributed by atoms with van der Waals surface area (Å²) in [6.45, 7) is 32.2. The quantitative estimate of drug-likeness (QED) is 0.0494. The van der Waals surface area contributed by atoms with E-state index in [1.165, 1.54) is 6.66 Å². The van der Waals surface area contributed by atoms with Gasteiger partial charge in [-0.15, -0.1) is 0 Å². The molecule has 0 bridgehead atoms. The number of alkyl halides is 4. The Bertz CT molecular complexity index is 2870. The Morgan fingerprint density at radius 3 is 0.888 bits per heavy atom. The van der Waals surface area contributed by atoms with E-state index in [0.29, 0.717) is 25.7 Å². The van der Waals surface area contributed by atoms with Gasteiger partial charge in [0, 0.05) is 51.6 Å². The van der Waals surface area contributed by atoms with Crippen LogP contribution < -0.4 is 9.79 Å². The molecule has 0 aromatic carbocycles. The Labute approximate surface area is 694 Å². The van der Waals surface area contributed by atoms with Crippen molar-refractivity contribution in [2.75, 3.05) is 80.4 Å². The molecule has 32 atom stereocenters. The Balaban J connectivity index is 0.000000371. The van der Waals surface area contributed by atoms with Gasteiger partial charge in [0.15, 0.2) is 0 Å². The minimum Gasteiger partial charge on any atom is -0.779 e. The summed E-state index contributed by atoms with van der Waals surface area (Å²) in [5, 5.41) is 18.6. The third-order valence-corrected chi connectivity index (χ3v) is 21.4. The van der Waals surface area contributed by atoms with Gasteiger partial charge in [0.05, 0.1) is 150 Å². The minimum atomic E-state index is -4.23. The first kappa shape index (κ1) is 110. The molecule has 16 radical (unpaired) electrons. The number of aliphatic hydroxyl groups excluding tert-OH is 2. The average Bonchev–Trinajstić information content (AvgIpc) is 1.66. The lowest BCUT2D eigenvalue weighted by Crippen LogP contribution is -2.36. The molecule has 0 aromatic heterocycles. The smallest absolute Gasteiger partial charge is 0.475 e. The number of phosphoric ester groups is 2. The van der Waals surface area contributed by atoms with Crippen molar-refractivity contribution in [1.29, 1.82) is 0 Å². The van der Waals surface area contributed by atoms with E-state index < -0.39 is 177 Å². The molecular weight excluding hydrogens is 1620 g/mol. The molecule has 8 fully saturated rings. The largest absolute Gasteiger partial charge is 0.779 e. The number of aliphatic hydroxyl groups is 2. The van der Waals surface area contributed by atoms with E-state index in [0.717, 1.165) is 20.9 Å². The third kappa shape index (κ3) is 41.2. The van der Waals surface area contributed by atoms with Crippen LogP contribution in [0.2, 0.25) is 0 Å². The molecule has 116 heavy (non-hydrogen) atoms. The normalized spacial score (nSPS) is 37.1. The number of rotatable bonds is 38. The van der Waals surface area contributed by atoms with Crippen LogP contribution in [0, 0.1) is 0 Å². The number of hydrogen-bond acceptors (Lipinski definition) is 32. The molecule has 0 amide bonds. The van der Waals surface area contributed by atoms with Gasteiger partial charge in [0.2, 0.25) is 0 Å². The van der Waals surface area contributed by atoms with Gasteiger partial charge in [-0.05, 0) is 136 Å². The zero-order valence-electron chi connectivity index (χ0n) is 70.3. The summed E-state index contributed by atoms with van der Waals surface area (Å²) in [5.41, 5.74) is 0. The Hall–Kier alpha value is 0.0395. The monoisotopic (exact) mass is 1740 g/mol. The maximum atomic E-state index is 14.5. The molecule has 32 nitrogen and oxygen atoms in total. The zero-order chi connectivity index (χ0) is 88.2. The van der Waals surface area contributed by atoms with Gasteiger partial charge < -0.3 is 118 Å². The fourth-order valence-electron chi connectivity index (χ4n) is 11.8. The minimum absolute atomic E-state index is 0.0119. The third-order valence-electron chi connectivity index (χ3n) is 17.2. The van der Waals surface area contributed by atoms with Gasteiger partial charge in [0.25, 0.3) is 7.82 Å². The van der Waals surface area contributed by atoms with Crippen molar-refractivity contribution in [3.05, 3.63) is 0 Å². The summed E-state index contributed by atoms with van der Waals surface area (Å²) in [6.07, 6.45) is -15.2. The molecule has 0 spiro atoms. The molecule has 0 aliphatic carbocycles. The summed E-state index contributed by atoms with van der Waals surface area (Å²) in [5.74, 6) is 0. The van der Waals surface area contributed by atoms with Crippen LogP contribution in [-0.4, -0.2) is 373 Å². The van der Waals surface area contributed by atoms with Crippen molar-refractivity contribution in [1.82, 2.24) is 0 Å².